The quantitative estimate of drug-likeness (QED) is 0.0613. The first-order valence-electron chi connectivity index (χ1n) is 18.0. The second kappa shape index (κ2) is 21.3. The van der Waals surface area contributed by atoms with E-state index in [9.17, 15) is 4.79 Å². The van der Waals surface area contributed by atoms with Crippen LogP contribution in [-0.4, -0.2) is 5.78 Å². The van der Waals surface area contributed by atoms with Crippen LogP contribution in [0.2, 0.25) is 0 Å². The number of carbonyl (C=O) groups excluding carboxylic acids is 1. The van der Waals surface area contributed by atoms with Crippen molar-refractivity contribution >= 4 is 5.78 Å². The lowest BCUT2D eigenvalue weighted by Gasteiger charge is -2.38. The number of unbranched alkanes of at least 4 members (excludes halogenated alkanes) is 7. The Morgan fingerprint density at radius 3 is 1.70 bits per heavy atom. The summed E-state index contributed by atoms with van der Waals surface area (Å²) in [6.07, 6.45) is 30.8. The molecule has 0 bridgehead atoms. The van der Waals surface area contributed by atoms with Gasteiger partial charge >= 0.3 is 0 Å². The Morgan fingerprint density at radius 1 is 0.659 bits per heavy atom. The molecule has 0 unspecified atom stereocenters. The molecule has 0 radical (unpaired) electrons. The topological polar surface area (TPSA) is 17.1 Å². The molecule has 0 aromatic rings. The van der Waals surface area contributed by atoms with Gasteiger partial charge in [0, 0.05) is 12.3 Å². The van der Waals surface area contributed by atoms with Crippen molar-refractivity contribution in [3.8, 4) is 0 Å². The van der Waals surface area contributed by atoms with Crippen LogP contribution in [0.15, 0.2) is 97.2 Å². The molecule has 0 heterocycles. The van der Waals surface area contributed by atoms with Gasteiger partial charge in [-0.1, -0.05) is 99.1 Å². The third-order valence-corrected chi connectivity index (χ3v) is 10.6. The van der Waals surface area contributed by atoms with E-state index in [0.717, 1.165) is 63.4 Å². The molecule has 2 rings (SSSR count). The van der Waals surface area contributed by atoms with Crippen molar-refractivity contribution in [1.29, 1.82) is 0 Å². The van der Waals surface area contributed by atoms with E-state index < -0.39 is 0 Å². The average molecular weight is 599 g/mol. The van der Waals surface area contributed by atoms with Crippen molar-refractivity contribution in [2.24, 2.45) is 23.7 Å². The van der Waals surface area contributed by atoms with E-state index in [1.807, 2.05) is 18.2 Å². The molecule has 2 aliphatic rings. The smallest absolute Gasteiger partial charge is 0.140 e. The summed E-state index contributed by atoms with van der Waals surface area (Å²) in [6, 6.07) is 0. The van der Waals surface area contributed by atoms with Gasteiger partial charge in [0.15, 0.2) is 0 Å². The zero-order chi connectivity index (χ0) is 32.3. The lowest BCUT2D eigenvalue weighted by molar-refractivity contribution is -0.123. The SMILES string of the molecule is C=CCCCCCCC(=C)C1CC(C(=C)C/C(=C/C(C)=C(\C=C)CC(=O)C2CCC(C(=C)CCCCCC=C)CC2)CC)C1. The Bertz CT molecular complexity index is 1030. The third-order valence-electron chi connectivity index (χ3n) is 10.6. The van der Waals surface area contributed by atoms with Crippen molar-refractivity contribution in [2.75, 3.05) is 0 Å². The monoisotopic (exact) mass is 599 g/mol. The molecule has 1 heteroatoms. The fourth-order valence-corrected chi connectivity index (χ4v) is 7.15. The number of hydrogen-bond donors (Lipinski definition) is 0. The summed E-state index contributed by atoms with van der Waals surface area (Å²) in [5, 5.41) is 0. The van der Waals surface area contributed by atoms with Gasteiger partial charge in [-0.05, 0) is 139 Å². The van der Waals surface area contributed by atoms with Gasteiger partial charge in [0.05, 0.1) is 0 Å². The number of rotatable bonds is 24. The first-order valence-corrected chi connectivity index (χ1v) is 18.0. The van der Waals surface area contributed by atoms with E-state index in [1.54, 1.807) is 0 Å². The highest BCUT2D eigenvalue weighted by Crippen LogP contribution is 2.45. The zero-order valence-electron chi connectivity index (χ0n) is 28.9. The summed E-state index contributed by atoms with van der Waals surface area (Å²) in [4.78, 5) is 13.3. The van der Waals surface area contributed by atoms with Crippen molar-refractivity contribution in [1.82, 2.24) is 0 Å². The number of ketones is 1. The standard InChI is InChI=1S/C43H66O/c1-9-13-15-17-19-21-23-34(6)41-30-42(31-41)36(8)29-37(11-3)28-35(7)38(12-4)32-43(44)40-26-24-39(25-27-40)33(5)22-20-18-16-14-10-2/h9-10,12,28,39-42H,1-2,4-6,8,11,13-27,29-32H2,3,7H3/b37-28+,38-35+. The van der Waals surface area contributed by atoms with Crippen LogP contribution in [0.1, 0.15) is 142 Å². The fraction of sp³-hybridized carbons (Fsp3) is 0.605. The molecule has 0 aromatic carbocycles. The van der Waals surface area contributed by atoms with Crippen LogP contribution in [0.4, 0.5) is 0 Å². The largest absolute Gasteiger partial charge is 0.299 e. The summed E-state index contributed by atoms with van der Waals surface area (Å²) in [5.41, 5.74) is 7.90. The van der Waals surface area contributed by atoms with Gasteiger partial charge in [-0.25, -0.2) is 0 Å². The number of hydrogen-bond acceptors (Lipinski definition) is 1. The molecule has 0 N–H and O–H groups in total. The second-order valence-electron chi connectivity index (χ2n) is 13.9. The number of allylic oxidation sites excluding steroid dienone is 10. The maximum atomic E-state index is 13.3. The molecule has 0 saturated heterocycles. The average Bonchev–Trinajstić information content (AvgIpc) is 3.00. The lowest BCUT2D eigenvalue weighted by Crippen LogP contribution is -2.26. The molecular weight excluding hydrogens is 532 g/mol. The minimum atomic E-state index is 0.183. The summed E-state index contributed by atoms with van der Waals surface area (Å²) in [7, 11) is 0. The van der Waals surface area contributed by atoms with Gasteiger partial charge in [-0.2, -0.15) is 0 Å². The van der Waals surface area contributed by atoms with Gasteiger partial charge in [0.2, 0.25) is 0 Å². The third kappa shape index (κ3) is 13.3. The van der Waals surface area contributed by atoms with E-state index >= 15 is 0 Å². The number of Topliss-reactive ketones (excluding diaryl/α,β-unsaturated/α-hetero) is 1. The fourth-order valence-electron chi connectivity index (χ4n) is 7.15. The molecule has 0 amide bonds. The lowest BCUT2D eigenvalue weighted by atomic mass is 9.67. The van der Waals surface area contributed by atoms with Crippen LogP contribution >= 0.6 is 0 Å². The van der Waals surface area contributed by atoms with Gasteiger partial charge in [-0.15, -0.1) is 13.2 Å². The summed E-state index contributed by atoms with van der Waals surface area (Å²) >= 11 is 0. The highest BCUT2D eigenvalue weighted by atomic mass is 16.1. The molecule has 0 atom stereocenters. The van der Waals surface area contributed by atoms with Crippen molar-refractivity contribution in [3.05, 3.63) is 97.2 Å². The van der Waals surface area contributed by atoms with E-state index in [4.69, 9.17) is 0 Å². The molecule has 0 spiro atoms. The first kappa shape index (κ1) is 37.8. The first-order chi connectivity index (χ1) is 21.2. The Kier molecular flexibility index (Phi) is 18.3. The minimum absolute atomic E-state index is 0.183. The normalized spacial score (nSPS) is 22.4. The van der Waals surface area contributed by atoms with Gasteiger partial charge in [-0.3, -0.25) is 4.79 Å². The summed E-state index contributed by atoms with van der Waals surface area (Å²) in [5.74, 6) is 2.47. The molecule has 0 aliphatic heterocycles. The summed E-state index contributed by atoms with van der Waals surface area (Å²) in [6.45, 7) is 29.5. The molecule has 0 aromatic heterocycles. The van der Waals surface area contributed by atoms with Gasteiger partial charge in [0.1, 0.15) is 5.78 Å². The van der Waals surface area contributed by atoms with E-state index in [0.29, 0.717) is 30.0 Å². The van der Waals surface area contributed by atoms with Gasteiger partial charge in [0.25, 0.3) is 0 Å². The zero-order valence-corrected chi connectivity index (χ0v) is 28.9. The predicted octanol–water partition coefficient (Wildman–Crippen LogP) is 13.3. The minimum Gasteiger partial charge on any atom is -0.299 e. The molecule has 2 saturated carbocycles. The van der Waals surface area contributed by atoms with E-state index in [2.05, 4.69) is 59.4 Å². The molecule has 2 fully saturated rings. The maximum absolute atomic E-state index is 13.3. The van der Waals surface area contributed by atoms with E-state index in [-0.39, 0.29) is 5.92 Å². The van der Waals surface area contributed by atoms with Crippen LogP contribution in [0, 0.1) is 23.7 Å². The molecule has 2 aliphatic carbocycles. The van der Waals surface area contributed by atoms with Crippen LogP contribution in [-0.2, 0) is 4.79 Å². The predicted molar refractivity (Wildman–Crippen MR) is 196 cm³/mol. The van der Waals surface area contributed by atoms with Gasteiger partial charge < -0.3 is 0 Å². The van der Waals surface area contributed by atoms with Crippen molar-refractivity contribution < 1.29 is 4.79 Å². The van der Waals surface area contributed by atoms with Crippen LogP contribution < -0.4 is 0 Å². The molecular formula is C43H66O. The molecule has 1 nitrogen and oxygen atoms in total. The molecule has 44 heavy (non-hydrogen) atoms. The molecule has 244 valence electrons. The van der Waals surface area contributed by atoms with Crippen LogP contribution in [0.25, 0.3) is 0 Å². The highest BCUT2D eigenvalue weighted by Gasteiger charge is 2.32. The van der Waals surface area contributed by atoms with Crippen molar-refractivity contribution in [2.45, 2.75) is 142 Å². The Hall–Kier alpha value is -2.41. The van der Waals surface area contributed by atoms with E-state index in [1.165, 1.54) is 92.1 Å². The highest BCUT2D eigenvalue weighted by molar-refractivity contribution is 5.84. The second-order valence-corrected chi connectivity index (χ2v) is 13.9. The number of carbonyl (C=O) groups is 1. The summed E-state index contributed by atoms with van der Waals surface area (Å²) < 4.78 is 0. The maximum Gasteiger partial charge on any atom is 0.140 e. The Labute approximate surface area is 273 Å². The Morgan fingerprint density at radius 2 is 1.16 bits per heavy atom. The Balaban J connectivity index is 1.79. The van der Waals surface area contributed by atoms with Crippen LogP contribution in [0.5, 0.6) is 0 Å². The van der Waals surface area contributed by atoms with Crippen molar-refractivity contribution in [3.63, 3.8) is 0 Å². The van der Waals surface area contributed by atoms with Crippen LogP contribution in [0.3, 0.4) is 0 Å².